The maximum absolute atomic E-state index is 2.44. The largest absolute Gasteiger partial charge is 0.310 e. The van der Waals surface area contributed by atoms with E-state index in [1.54, 1.807) is 0 Å². The summed E-state index contributed by atoms with van der Waals surface area (Å²) < 4.78 is 2.61. The van der Waals surface area contributed by atoms with Crippen molar-refractivity contribution in [3.05, 3.63) is 188 Å². The first kappa shape index (κ1) is 28.8. The molecule has 10 rings (SSSR count). The molecular formula is C48H31NS. The summed E-state index contributed by atoms with van der Waals surface area (Å²) in [5, 5.41) is 10.1. The predicted molar refractivity (Wildman–Crippen MR) is 217 cm³/mol. The molecule has 1 nitrogen and oxygen atoms in total. The molecule has 1 heterocycles. The standard InChI is InChI=1S/C48H31NS/c1-2-12-34-29-36(22-21-32(34)11-1)40-15-6-5-14-39(40)33-23-25-37(26-24-33)49(38-27-28-45-44-19-9-10-20-47(44)50-48(45)31-38)46-30-35-13-3-4-16-41(35)42-17-7-8-18-43(42)46/h1-31H. The normalized spacial score (nSPS) is 11.6. The topological polar surface area (TPSA) is 3.24 Å². The minimum absolute atomic E-state index is 1.12. The quantitative estimate of drug-likeness (QED) is 0.167. The molecule has 0 unspecified atom stereocenters. The SMILES string of the molecule is c1ccc(-c2ccc3ccccc3c2)c(-c2ccc(N(c3ccc4c(c3)sc3ccccc34)c3cc4ccccc4c4ccccc34)cc2)c1. The Kier molecular flexibility index (Phi) is 6.75. The lowest BCUT2D eigenvalue weighted by Gasteiger charge is -2.28. The number of hydrogen-bond acceptors (Lipinski definition) is 2. The third kappa shape index (κ3) is 4.76. The molecular weight excluding hydrogens is 623 g/mol. The monoisotopic (exact) mass is 653 g/mol. The van der Waals surface area contributed by atoms with Crippen LogP contribution >= 0.6 is 11.3 Å². The summed E-state index contributed by atoms with van der Waals surface area (Å²) in [5.41, 5.74) is 8.32. The Morgan fingerprint density at radius 3 is 1.72 bits per heavy atom. The van der Waals surface area contributed by atoms with Crippen LogP contribution in [0.15, 0.2) is 188 Å². The molecule has 0 saturated heterocycles. The minimum Gasteiger partial charge on any atom is -0.310 e. The van der Waals surface area contributed by atoms with E-state index in [4.69, 9.17) is 0 Å². The van der Waals surface area contributed by atoms with Gasteiger partial charge in [0.2, 0.25) is 0 Å². The summed E-state index contributed by atoms with van der Waals surface area (Å²) in [6.45, 7) is 0. The number of hydrogen-bond donors (Lipinski definition) is 0. The lowest BCUT2D eigenvalue weighted by atomic mass is 9.93. The number of benzene rings is 9. The maximum atomic E-state index is 2.44. The average Bonchev–Trinajstić information content (AvgIpc) is 3.56. The van der Waals surface area contributed by atoms with Crippen LogP contribution in [0.2, 0.25) is 0 Å². The third-order valence-electron chi connectivity index (χ3n) is 10.0. The third-order valence-corrected chi connectivity index (χ3v) is 11.2. The number of anilines is 3. The first-order valence-electron chi connectivity index (χ1n) is 17.1. The summed E-state index contributed by atoms with van der Waals surface area (Å²) in [7, 11) is 0. The number of fused-ring (bicyclic) bond motifs is 7. The van der Waals surface area contributed by atoms with Gasteiger partial charge < -0.3 is 4.90 Å². The molecule has 1 aromatic heterocycles. The van der Waals surface area contributed by atoms with Crippen LogP contribution in [0.1, 0.15) is 0 Å². The Morgan fingerprint density at radius 2 is 0.900 bits per heavy atom. The van der Waals surface area contributed by atoms with Gasteiger partial charge in [0, 0.05) is 36.9 Å². The van der Waals surface area contributed by atoms with Gasteiger partial charge in [-0.15, -0.1) is 11.3 Å². The van der Waals surface area contributed by atoms with Crippen molar-refractivity contribution < 1.29 is 0 Å². The minimum atomic E-state index is 1.12. The van der Waals surface area contributed by atoms with Crippen LogP contribution in [0, 0.1) is 0 Å². The van der Waals surface area contributed by atoms with Gasteiger partial charge in [-0.1, -0.05) is 146 Å². The Balaban J connectivity index is 1.15. The zero-order chi connectivity index (χ0) is 33.0. The smallest absolute Gasteiger partial charge is 0.0546 e. The van der Waals surface area contributed by atoms with Gasteiger partial charge in [-0.05, 0) is 91.6 Å². The zero-order valence-electron chi connectivity index (χ0n) is 27.3. The Labute approximate surface area is 294 Å². The van der Waals surface area contributed by atoms with Crippen LogP contribution in [0.25, 0.3) is 74.7 Å². The van der Waals surface area contributed by atoms with Gasteiger partial charge in [0.25, 0.3) is 0 Å². The van der Waals surface area contributed by atoms with Gasteiger partial charge in [0.15, 0.2) is 0 Å². The maximum Gasteiger partial charge on any atom is 0.0546 e. The van der Waals surface area contributed by atoms with E-state index in [2.05, 4.69) is 193 Å². The van der Waals surface area contributed by atoms with Gasteiger partial charge in [0.05, 0.1) is 5.69 Å². The molecule has 0 aliphatic carbocycles. The van der Waals surface area contributed by atoms with E-state index in [0.29, 0.717) is 0 Å². The lowest BCUT2D eigenvalue weighted by Crippen LogP contribution is -2.10. The molecule has 9 aromatic carbocycles. The highest BCUT2D eigenvalue weighted by molar-refractivity contribution is 7.25. The molecule has 0 amide bonds. The number of nitrogens with zero attached hydrogens (tertiary/aromatic N) is 1. The van der Waals surface area contributed by atoms with Crippen molar-refractivity contribution in [1.29, 1.82) is 0 Å². The van der Waals surface area contributed by atoms with Crippen LogP contribution in [-0.2, 0) is 0 Å². The van der Waals surface area contributed by atoms with Crippen molar-refractivity contribution in [3.8, 4) is 22.3 Å². The molecule has 0 radical (unpaired) electrons. The number of thiophene rings is 1. The Hall–Kier alpha value is -6.22. The van der Waals surface area contributed by atoms with Crippen LogP contribution in [0.3, 0.4) is 0 Å². The molecule has 50 heavy (non-hydrogen) atoms. The van der Waals surface area contributed by atoms with Crippen molar-refractivity contribution in [2.45, 2.75) is 0 Å². The van der Waals surface area contributed by atoms with Gasteiger partial charge >= 0.3 is 0 Å². The van der Waals surface area contributed by atoms with Crippen LogP contribution < -0.4 is 4.90 Å². The van der Waals surface area contributed by atoms with Crippen LogP contribution in [-0.4, -0.2) is 0 Å². The van der Waals surface area contributed by atoms with Crippen LogP contribution in [0.5, 0.6) is 0 Å². The summed E-state index contributed by atoms with van der Waals surface area (Å²) >= 11 is 1.86. The molecule has 0 saturated carbocycles. The van der Waals surface area contributed by atoms with Crippen molar-refractivity contribution >= 4 is 80.9 Å². The number of rotatable bonds is 5. The fraction of sp³-hybridized carbons (Fsp3) is 0. The van der Waals surface area contributed by atoms with Gasteiger partial charge in [-0.25, -0.2) is 0 Å². The van der Waals surface area contributed by atoms with Crippen LogP contribution in [0.4, 0.5) is 17.1 Å². The molecule has 0 aliphatic rings. The fourth-order valence-electron chi connectivity index (χ4n) is 7.63. The molecule has 0 atom stereocenters. The summed E-state index contributed by atoms with van der Waals surface area (Å²) in [4.78, 5) is 2.44. The van der Waals surface area contributed by atoms with Crippen molar-refractivity contribution in [2.24, 2.45) is 0 Å². The summed E-state index contributed by atoms with van der Waals surface area (Å²) in [6, 6.07) is 68.8. The van der Waals surface area contributed by atoms with Gasteiger partial charge in [0.1, 0.15) is 0 Å². The van der Waals surface area contributed by atoms with E-state index >= 15 is 0 Å². The van der Waals surface area contributed by atoms with E-state index in [0.717, 1.165) is 11.4 Å². The van der Waals surface area contributed by atoms with Crippen molar-refractivity contribution in [2.75, 3.05) is 4.90 Å². The highest BCUT2D eigenvalue weighted by atomic mass is 32.1. The summed E-state index contributed by atoms with van der Waals surface area (Å²) in [5.74, 6) is 0. The average molecular weight is 654 g/mol. The molecule has 0 N–H and O–H groups in total. The first-order valence-corrected chi connectivity index (χ1v) is 17.9. The molecule has 234 valence electrons. The Bertz CT molecular complexity index is 2880. The zero-order valence-corrected chi connectivity index (χ0v) is 28.1. The highest BCUT2D eigenvalue weighted by Gasteiger charge is 2.19. The second-order valence-corrected chi connectivity index (χ2v) is 14.0. The summed E-state index contributed by atoms with van der Waals surface area (Å²) in [6.07, 6.45) is 0. The van der Waals surface area contributed by atoms with E-state index in [-0.39, 0.29) is 0 Å². The molecule has 0 bridgehead atoms. The Morgan fingerprint density at radius 1 is 0.320 bits per heavy atom. The predicted octanol–water partition coefficient (Wildman–Crippen LogP) is 14.3. The van der Waals surface area contributed by atoms with Gasteiger partial charge in [-0.3, -0.25) is 0 Å². The molecule has 0 fully saturated rings. The molecule has 2 heteroatoms. The van der Waals surface area contributed by atoms with E-state index in [9.17, 15) is 0 Å². The highest BCUT2D eigenvalue weighted by Crippen LogP contribution is 2.45. The van der Waals surface area contributed by atoms with Gasteiger partial charge in [-0.2, -0.15) is 0 Å². The second-order valence-electron chi connectivity index (χ2n) is 12.9. The van der Waals surface area contributed by atoms with Crippen molar-refractivity contribution in [1.82, 2.24) is 0 Å². The first-order chi connectivity index (χ1) is 24.8. The van der Waals surface area contributed by atoms with E-state index in [1.165, 1.54) is 80.4 Å². The molecule has 0 aliphatic heterocycles. The lowest BCUT2D eigenvalue weighted by molar-refractivity contribution is 1.31. The second kappa shape index (κ2) is 11.7. The molecule has 10 aromatic rings. The fourth-order valence-corrected chi connectivity index (χ4v) is 8.77. The van der Waals surface area contributed by atoms with E-state index in [1.807, 2.05) is 11.3 Å². The molecule has 0 spiro atoms. The van der Waals surface area contributed by atoms with E-state index < -0.39 is 0 Å². The van der Waals surface area contributed by atoms with Crippen molar-refractivity contribution in [3.63, 3.8) is 0 Å².